The van der Waals surface area contributed by atoms with E-state index in [1.165, 1.54) is 16.2 Å². The Balaban J connectivity index is 0.000000191. The Kier molecular flexibility index (Phi) is 10.3. The minimum Gasteiger partial charge on any atom is -0.813 e. The molecule has 0 heterocycles. The molecule has 0 N–H and O–H groups in total. The van der Waals surface area contributed by atoms with E-state index < -0.39 is 20.8 Å². The van der Waals surface area contributed by atoms with Crippen LogP contribution >= 0.6 is 28.6 Å². The van der Waals surface area contributed by atoms with Crippen molar-refractivity contribution in [2.24, 2.45) is 0 Å². The number of fused-ring (bicyclic) bond motifs is 2. The van der Waals surface area contributed by atoms with Crippen LogP contribution in [-0.2, 0) is 34.3 Å². The summed E-state index contributed by atoms with van der Waals surface area (Å²) in [5.41, 5.74) is 0. The molecule has 5 heteroatoms. The fourth-order valence-electron chi connectivity index (χ4n) is 2.19. The molecule has 4 aromatic rings. The van der Waals surface area contributed by atoms with Crippen LogP contribution in [0.15, 0.2) is 78.9 Å². The molecule has 4 aromatic carbocycles. The van der Waals surface area contributed by atoms with Crippen molar-refractivity contribution in [2.45, 2.75) is 0 Å². The maximum absolute atomic E-state index is 5.90. The molecule has 0 bridgehead atoms. The van der Waals surface area contributed by atoms with E-state index in [-0.39, 0.29) is 13.5 Å². The zero-order chi connectivity index (χ0) is 15.8. The zero-order valence-corrected chi connectivity index (χ0v) is 17.7. The van der Waals surface area contributed by atoms with Crippen molar-refractivity contribution >= 4 is 63.7 Å². The Bertz CT molecular complexity index is 793. The van der Waals surface area contributed by atoms with Crippen molar-refractivity contribution in [1.82, 2.24) is 0 Å². The molecular formula is C18H14Cl3SZr-3. The normalized spacial score (nSPS) is 9.17. The first-order valence-electron chi connectivity index (χ1n) is 6.63. The fraction of sp³-hybridized carbons (Fsp3) is 0. The third-order valence-corrected chi connectivity index (χ3v) is 3.50. The first-order chi connectivity index (χ1) is 10.8. The second-order valence-electron chi connectivity index (χ2n) is 4.49. The molecule has 0 saturated carbocycles. The summed E-state index contributed by atoms with van der Waals surface area (Å²) in [6.07, 6.45) is 0. The Morgan fingerprint density at radius 2 is 1.35 bits per heavy atom. The van der Waals surface area contributed by atoms with Crippen LogP contribution in [0.1, 0.15) is 0 Å². The van der Waals surface area contributed by atoms with Gasteiger partial charge in [0.2, 0.25) is 0 Å². The van der Waals surface area contributed by atoms with Crippen LogP contribution in [0.3, 0.4) is 0 Å². The molecule has 0 aliphatic carbocycles. The summed E-state index contributed by atoms with van der Waals surface area (Å²) < 4.78 is 0. The van der Waals surface area contributed by atoms with E-state index in [1.54, 1.807) is 0 Å². The number of thiol groups is 1. The van der Waals surface area contributed by atoms with Crippen LogP contribution in [0, 0.1) is 0 Å². The van der Waals surface area contributed by atoms with Crippen LogP contribution < -0.4 is 0 Å². The molecule has 0 nitrogen and oxygen atoms in total. The van der Waals surface area contributed by atoms with Gasteiger partial charge in [-0.15, -0.1) is 58.6 Å². The third kappa shape index (κ3) is 6.29. The summed E-state index contributed by atoms with van der Waals surface area (Å²) in [6.45, 7) is 0. The average Bonchev–Trinajstić information content (AvgIpc) is 3.18. The van der Waals surface area contributed by atoms with Gasteiger partial charge >= 0.3 is 37.9 Å². The van der Waals surface area contributed by atoms with Gasteiger partial charge in [-0.3, -0.25) is 0 Å². The predicted molar refractivity (Wildman–Crippen MR) is 105 cm³/mol. The Morgan fingerprint density at radius 1 is 0.739 bits per heavy atom. The van der Waals surface area contributed by atoms with Gasteiger partial charge in [-0.1, -0.05) is 23.7 Å². The van der Waals surface area contributed by atoms with Crippen molar-refractivity contribution in [3.05, 3.63) is 83.9 Å². The van der Waals surface area contributed by atoms with Crippen LogP contribution in [-0.4, -0.2) is 0 Å². The predicted octanol–water partition coefficient (Wildman–Crippen LogP) is 6.88. The van der Waals surface area contributed by atoms with Crippen LogP contribution in [0.4, 0.5) is 0 Å². The van der Waals surface area contributed by atoms with E-state index in [2.05, 4.69) is 54.6 Å². The average molecular weight is 460 g/mol. The SMILES string of the molecule is Clc1cccc2[cH-]ccc12.[Cl][Zr][Cl].[SH-].c1ccc2[cH-]ccc2c1. The molecule has 23 heavy (non-hydrogen) atoms. The summed E-state index contributed by atoms with van der Waals surface area (Å²) in [5, 5.41) is 5.86. The second-order valence-corrected chi connectivity index (χ2v) is 8.63. The maximum Gasteiger partial charge on any atom is -0.0809 e. The van der Waals surface area contributed by atoms with E-state index in [9.17, 15) is 0 Å². The number of benzene rings is 2. The standard InChI is InChI=1S/C9H6Cl.C9H7.2ClH.H2S.Zr/c10-9-6-2-4-7-3-1-5-8(7)9;1-2-5-9-7-3-6-8(9)4-1;;;;/h1-6H;1-7H;2*1H;1H2;/q2*-1;;;;+2/p-3. The van der Waals surface area contributed by atoms with E-state index in [0.29, 0.717) is 0 Å². The Hall–Kier alpha value is -0.237. The van der Waals surface area contributed by atoms with Gasteiger partial charge in [-0.2, -0.15) is 29.7 Å². The Morgan fingerprint density at radius 3 is 2.04 bits per heavy atom. The monoisotopic (exact) mass is 457 g/mol. The van der Waals surface area contributed by atoms with Gasteiger partial charge in [0.25, 0.3) is 0 Å². The molecule has 0 aliphatic heterocycles. The van der Waals surface area contributed by atoms with E-state index in [0.717, 1.165) is 10.4 Å². The van der Waals surface area contributed by atoms with E-state index >= 15 is 0 Å². The molecule has 0 aromatic heterocycles. The number of hydrogen-bond donors (Lipinski definition) is 0. The largest absolute Gasteiger partial charge is 0.813 e. The van der Waals surface area contributed by atoms with Gasteiger partial charge < -0.3 is 13.5 Å². The van der Waals surface area contributed by atoms with Crippen molar-refractivity contribution in [2.75, 3.05) is 0 Å². The summed E-state index contributed by atoms with van der Waals surface area (Å²) >= 11 is 5.07. The van der Waals surface area contributed by atoms with Crippen molar-refractivity contribution in [1.29, 1.82) is 0 Å². The summed E-state index contributed by atoms with van der Waals surface area (Å²) in [6, 6.07) is 26.7. The Labute approximate surface area is 167 Å². The van der Waals surface area contributed by atoms with Gasteiger partial charge in [-0.05, 0) is 5.02 Å². The van der Waals surface area contributed by atoms with Crippen LogP contribution in [0.25, 0.3) is 21.5 Å². The van der Waals surface area contributed by atoms with Crippen molar-refractivity contribution in [3.63, 3.8) is 0 Å². The number of halogens is 3. The zero-order valence-electron chi connectivity index (χ0n) is 12.1. The maximum atomic E-state index is 5.90. The van der Waals surface area contributed by atoms with E-state index in [4.69, 9.17) is 28.6 Å². The molecule has 0 saturated heterocycles. The topological polar surface area (TPSA) is 0 Å². The van der Waals surface area contributed by atoms with Gasteiger partial charge in [0.05, 0.1) is 0 Å². The second kappa shape index (κ2) is 11.3. The van der Waals surface area contributed by atoms with Crippen molar-refractivity contribution in [3.8, 4) is 0 Å². The number of rotatable bonds is 0. The number of hydrogen-bond acceptors (Lipinski definition) is 1. The molecular weight excluding hydrogens is 446 g/mol. The fourth-order valence-corrected chi connectivity index (χ4v) is 2.44. The third-order valence-electron chi connectivity index (χ3n) is 3.17. The van der Waals surface area contributed by atoms with Gasteiger partial charge in [0, 0.05) is 0 Å². The summed E-state index contributed by atoms with van der Waals surface area (Å²) in [5.74, 6) is 0. The molecule has 120 valence electrons. The minimum atomic E-state index is -0.826. The molecule has 0 aliphatic rings. The molecule has 0 unspecified atom stereocenters. The van der Waals surface area contributed by atoms with Gasteiger partial charge in [0.1, 0.15) is 0 Å². The smallest absolute Gasteiger partial charge is 0.0809 e. The molecule has 0 fully saturated rings. The molecule has 0 amide bonds. The molecule has 0 atom stereocenters. The van der Waals surface area contributed by atoms with Crippen LogP contribution in [0.2, 0.25) is 5.02 Å². The summed E-state index contributed by atoms with van der Waals surface area (Å²) in [7, 11) is 9.87. The first-order valence-corrected chi connectivity index (χ1v) is 13.3. The molecule has 4 rings (SSSR count). The first kappa shape index (κ1) is 20.8. The van der Waals surface area contributed by atoms with Gasteiger partial charge in [0.15, 0.2) is 0 Å². The van der Waals surface area contributed by atoms with Crippen molar-refractivity contribution < 1.29 is 20.8 Å². The van der Waals surface area contributed by atoms with E-state index in [1.807, 2.05) is 24.3 Å². The quantitative estimate of drug-likeness (QED) is 0.157. The molecule has 0 radical (unpaired) electrons. The van der Waals surface area contributed by atoms with Gasteiger partial charge in [-0.25, -0.2) is 0 Å². The van der Waals surface area contributed by atoms with Crippen LogP contribution in [0.5, 0.6) is 0 Å². The summed E-state index contributed by atoms with van der Waals surface area (Å²) in [4.78, 5) is 0. The minimum absolute atomic E-state index is 0. The molecule has 0 spiro atoms.